The van der Waals surface area contributed by atoms with Crippen molar-refractivity contribution in [3.05, 3.63) is 0 Å². The van der Waals surface area contributed by atoms with Crippen LogP contribution in [0.4, 0.5) is 0 Å². The van der Waals surface area contributed by atoms with Gasteiger partial charge in [-0.2, -0.15) is 0 Å². The largest absolute Gasteiger partial charge is 0.396 e. The van der Waals surface area contributed by atoms with E-state index in [1.807, 2.05) is 13.8 Å². The van der Waals surface area contributed by atoms with Crippen LogP contribution in [0, 0.1) is 0 Å². The predicted octanol–water partition coefficient (Wildman–Crippen LogP) is 0.665. The molecule has 18 heavy (non-hydrogen) atoms. The fourth-order valence-corrected chi connectivity index (χ4v) is 2.35. The summed E-state index contributed by atoms with van der Waals surface area (Å²) in [6, 6.07) is -0.298. The van der Waals surface area contributed by atoms with Crippen molar-refractivity contribution in [3.8, 4) is 0 Å². The van der Waals surface area contributed by atoms with E-state index < -0.39 is 0 Å². The predicted molar refractivity (Wildman–Crippen MR) is 69.0 cm³/mol. The van der Waals surface area contributed by atoms with Crippen molar-refractivity contribution < 1.29 is 14.7 Å². The Balaban J connectivity index is 2.49. The number of amides is 2. The first-order chi connectivity index (χ1) is 8.60. The highest BCUT2D eigenvalue weighted by atomic mass is 16.3. The second kappa shape index (κ2) is 7.36. The quantitative estimate of drug-likeness (QED) is 0.703. The van der Waals surface area contributed by atoms with Crippen molar-refractivity contribution in [2.75, 3.05) is 13.2 Å². The van der Waals surface area contributed by atoms with Crippen LogP contribution in [0.15, 0.2) is 0 Å². The van der Waals surface area contributed by atoms with Crippen LogP contribution in [0.25, 0.3) is 0 Å². The second-order valence-corrected chi connectivity index (χ2v) is 4.89. The van der Waals surface area contributed by atoms with Gasteiger partial charge in [-0.3, -0.25) is 9.59 Å². The topological polar surface area (TPSA) is 69.6 Å². The third kappa shape index (κ3) is 3.98. The molecule has 2 unspecified atom stereocenters. The molecule has 2 amide bonds. The van der Waals surface area contributed by atoms with Crippen molar-refractivity contribution in [2.45, 2.75) is 58.0 Å². The Bertz CT molecular complexity index is 294. The van der Waals surface area contributed by atoms with Gasteiger partial charge in [0.05, 0.1) is 0 Å². The van der Waals surface area contributed by atoms with Crippen molar-refractivity contribution in [3.63, 3.8) is 0 Å². The van der Waals surface area contributed by atoms with Gasteiger partial charge in [-0.15, -0.1) is 0 Å². The van der Waals surface area contributed by atoms with E-state index in [-0.39, 0.29) is 30.5 Å². The molecule has 5 heteroatoms. The minimum atomic E-state index is -0.337. The summed E-state index contributed by atoms with van der Waals surface area (Å²) in [4.78, 5) is 25.5. The molecule has 0 aromatic heterocycles. The average Bonchev–Trinajstić information content (AvgIpc) is 2.74. The molecule has 5 nitrogen and oxygen atoms in total. The van der Waals surface area contributed by atoms with Gasteiger partial charge in [0, 0.05) is 25.6 Å². The summed E-state index contributed by atoms with van der Waals surface area (Å²) >= 11 is 0. The van der Waals surface area contributed by atoms with E-state index in [1.165, 1.54) is 0 Å². The number of nitrogens with one attached hydrogen (secondary N) is 1. The van der Waals surface area contributed by atoms with E-state index in [0.29, 0.717) is 25.8 Å². The van der Waals surface area contributed by atoms with Gasteiger partial charge < -0.3 is 15.3 Å². The molecule has 1 saturated heterocycles. The fraction of sp³-hybridized carbons (Fsp3) is 0.846. The number of hydrogen-bond donors (Lipinski definition) is 2. The third-order valence-electron chi connectivity index (χ3n) is 3.36. The van der Waals surface area contributed by atoms with E-state index in [0.717, 1.165) is 12.8 Å². The molecule has 0 aromatic carbocycles. The summed E-state index contributed by atoms with van der Waals surface area (Å²) in [6.07, 6.45) is 3.49. The Morgan fingerprint density at radius 3 is 2.78 bits per heavy atom. The molecule has 104 valence electrons. The smallest absolute Gasteiger partial charge is 0.243 e. The SMILES string of the molecule is CCC(C(=O)NC(C)CCCO)N1CCCC1=O. The molecule has 1 fully saturated rings. The van der Waals surface area contributed by atoms with Crippen LogP contribution in [0.5, 0.6) is 0 Å². The molecule has 1 heterocycles. The van der Waals surface area contributed by atoms with Gasteiger partial charge in [-0.1, -0.05) is 6.92 Å². The lowest BCUT2D eigenvalue weighted by atomic mass is 10.1. The van der Waals surface area contributed by atoms with E-state index >= 15 is 0 Å². The molecule has 0 bridgehead atoms. The number of hydrogen-bond acceptors (Lipinski definition) is 3. The summed E-state index contributed by atoms with van der Waals surface area (Å²) in [7, 11) is 0. The molecule has 0 aromatic rings. The van der Waals surface area contributed by atoms with Crippen LogP contribution in [0.3, 0.4) is 0 Å². The van der Waals surface area contributed by atoms with Crippen LogP contribution >= 0.6 is 0 Å². The number of nitrogens with zero attached hydrogens (tertiary/aromatic N) is 1. The molecule has 2 N–H and O–H groups in total. The molecular formula is C13H24N2O3. The fourth-order valence-electron chi connectivity index (χ4n) is 2.35. The zero-order valence-electron chi connectivity index (χ0n) is 11.3. The van der Waals surface area contributed by atoms with E-state index in [2.05, 4.69) is 5.32 Å². The second-order valence-electron chi connectivity index (χ2n) is 4.89. The van der Waals surface area contributed by atoms with Crippen molar-refractivity contribution in [1.29, 1.82) is 0 Å². The molecule has 1 aliphatic rings. The Morgan fingerprint density at radius 2 is 2.28 bits per heavy atom. The summed E-state index contributed by atoms with van der Waals surface area (Å²) in [5, 5.41) is 11.7. The molecule has 1 rings (SSSR count). The van der Waals surface area contributed by atoms with Gasteiger partial charge in [0.15, 0.2) is 0 Å². The standard InChI is InChI=1S/C13H24N2O3/c1-3-11(15-8-4-7-12(15)17)13(18)14-10(2)6-5-9-16/h10-11,16H,3-9H2,1-2H3,(H,14,18). The molecule has 1 aliphatic heterocycles. The molecule has 0 radical (unpaired) electrons. The molecular weight excluding hydrogens is 232 g/mol. The van der Waals surface area contributed by atoms with Gasteiger partial charge in [0.2, 0.25) is 11.8 Å². The van der Waals surface area contributed by atoms with Crippen molar-refractivity contribution in [2.24, 2.45) is 0 Å². The minimum absolute atomic E-state index is 0.0383. The maximum absolute atomic E-state index is 12.1. The number of carbonyl (C=O) groups excluding carboxylic acids is 2. The van der Waals surface area contributed by atoms with Crippen LogP contribution in [-0.4, -0.2) is 47.1 Å². The minimum Gasteiger partial charge on any atom is -0.396 e. The monoisotopic (exact) mass is 256 g/mol. The van der Waals surface area contributed by atoms with Gasteiger partial charge in [0.25, 0.3) is 0 Å². The highest BCUT2D eigenvalue weighted by molar-refractivity contribution is 5.88. The summed E-state index contributed by atoms with van der Waals surface area (Å²) in [5.41, 5.74) is 0. The molecule has 0 spiro atoms. The van der Waals surface area contributed by atoms with Crippen LogP contribution in [-0.2, 0) is 9.59 Å². The summed E-state index contributed by atoms with van der Waals surface area (Å²) in [5.74, 6) is 0.0122. The molecule has 2 atom stereocenters. The van der Waals surface area contributed by atoms with Gasteiger partial charge >= 0.3 is 0 Å². The zero-order valence-corrected chi connectivity index (χ0v) is 11.3. The Kier molecular flexibility index (Phi) is 6.12. The van der Waals surface area contributed by atoms with E-state index in [9.17, 15) is 9.59 Å². The first-order valence-electron chi connectivity index (χ1n) is 6.80. The number of aliphatic hydroxyl groups excluding tert-OH is 1. The third-order valence-corrected chi connectivity index (χ3v) is 3.36. The molecule has 0 aliphatic carbocycles. The van der Waals surface area contributed by atoms with Gasteiger partial charge in [0.1, 0.15) is 6.04 Å². The summed E-state index contributed by atoms with van der Waals surface area (Å²) in [6.45, 7) is 4.68. The number of likely N-dealkylation sites (tertiary alicyclic amines) is 1. The maximum atomic E-state index is 12.1. The van der Waals surface area contributed by atoms with Crippen LogP contribution in [0.1, 0.15) is 46.0 Å². The first-order valence-corrected chi connectivity index (χ1v) is 6.80. The first kappa shape index (κ1) is 15.0. The number of rotatable bonds is 7. The van der Waals surface area contributed by atoms with Crippen molar-refractivity contribution in [1.82, 2.24) is 10.2 Å². The van der Waals surface area contributed by atoms with Gasteiger partial charge in [-0.05, 0) is 32.6 Å². The Labute approximate surface area is 109 Å². The Hall–Kier alpha value is -1.10. The Morgan fingerprint density at radius 1 is 1.56 bits per heavy atom. The lowest BCUT2D eigenvalue weighted by molar-refractivity contribution is -0.137. The molecule has 0 saturated carbocycles. The highest BCUT2D eigenvalue weighted by Crippen LogP contribution is 2.16. The average molecular weight is 256 g/mol. The van der Waals surface area contributed by atoms with Gasteiger partial charge in [-0.25, -0.2) is 0 Å². The van der Waals surface area contributed by atoms with Crippen molar-refractivity contribution >= 4 is 11.8 Å². The normalized spacial score (nSPS) is 18.8. The number of aliphatic hydroxyl groups is 1. The van der Waals surface area contributed by atoms with Crippen LogP contribution in [0.2, 0.25) is 0 Å². The van der Waals surface area contributed by atoms with E-state index in [4.69, 9.17) is 5.11 Å². The lowest BCUT2D eigenvalue weighted by Gasteiger charge is -2.27. The highest BCUT2D eigenvalue weighted by Gasteiger charge is 2.31. The van der Waals surface area contributed by atoms with Crippen LogP contribution < -0.4 is 5.32 Å². The lowest BCUT2D eigenvalue weighted by Crippen LogP contribution is -2.49. The number of carbonyl (C=O) groups is 2. The van der Waals surface area contributed by atoms with E-state index in [1.54, 1.807) is 4.90 Å². The zero-order chi connectivity index (χ0) is 13.5. The summed E-state index contributed by atoms with van der Waals surface area (Å²) < 4.78 is 0. The maximum Gasteiger partial charge on any atom is 0.243 e.